The Labute approximate surface area is 140 Å². The molecule has 0 radical (unpaired) electrons. The monoisotopic (exact) mass is 343 g/mol. The molecule has 1 aliphatic rings. The van der Waals surface area contributed by atoms with Gasteiger partial charge in [0, 0.05) is 31.3 Å². The van der Waals surface area contributed by atoms with Gasteiger partial charge in [-0.3, -0.25) is 4.31 Å². The van der Waals surface area contributed by atoms with Crippen LogP contribution in [0.5, 0.6) is 0 Å². The second-order valence-electron chi connectivity index (χ2n) is 5.78. The van der Waals surface area contributed by atoms with Gasteiger partial charge in [0.1, 0.15) is 10.5 Å². The number of hydrogen-bond acceptors (Lipinski definition) is 4. The van der Waals surface area contributed by atoms with E-state index in [1.165, 1.54) is 10.5 Å². The van der Waals surface area contributed by atoms with E-state index >= 15 is 0 Å². The Hall–Kier alpha value is -2.38. The average Bonchev–Trinajstić information content (AvgIpc) is 3.05. The van der Waals surface area contributed by atoms with Crippen molar-refractivity contribution in [2.24, 2.45) is 0 Å². The summed E-state index contributed by atoms with van der Waals surface area (Å²) in [5, 5.41) is 0.592. The van der Waals surface area contributed by atoms with Crippen LogP contribution in [0, 0.1) is 0 Å². The van der Waals surface area contributed by atoms with Crippen molar-refractivity contribution < 1.29 is 13.2 Å². The molecule has 3 aromatic rings. The van der Waals surface area contributed by atoms with E-state index in [4.69, 9.17) is 4.74 Å². The predicted molar refractivity (Wildman–Crippen MR) is 91.6 cm³/mol. The van der Waals surface area contributed by atoms with Crippen LogP contribution < -0.4 is 4.31 Å². The molecule has 0 fully saturated rings. The molecule has 3 heterocycles. The number of para-hydroxylation sites is 1. The van der Waals surface area contributed by atoms with Crippen LogP contribution >= 0.6 is 0 Å². The number of anilines is 1. The second kappa shape index (κ2) is 5.61. The maximum Gasteiger partial charge on any atom is 0.266 e. The molecule has 1 aliphatic heterocycles. The minimum atomic E-state index is -3.72. The molecule has 4 rings (SSSR count). The third-order valence-corrected chi connectivity index (χ3v) is 6.21. The molecule has 0 saturated heterocycles. The molecule has 2 aromatic heterocycles. The van der Waals surface area contributed by atoms with Gasteiger partial charge >= 0.3 is 0 Å². The van der Waals surface area contributed by atoms with Crippen LogP contribution in [0.15, 0.2) is 53.7 Å². The highest BCUT2D eigenvalue weighted by molar-refractivity contribution is 7.93. The zero-order chi connectivity index (χ0) is 16.7. The Morgan fingerprint density at radius 1 is 1.25 bits per heavy atom. The number of pyridine rings is 1. The summed E-state index contributed by atoms with van der Waals surface area (Å²) < 4.78 is 33.5. The van der Waals surface area contributed by atoms with Crippen molar-refractivity contribution in [3.63, 3.8) is 0 Å². The van der Waals surface area contributed by atoms with Gasteiger partial charge in [0.2, 0.25) is 0 Å². The van der Waals surface area contributed by atoms with Crippen molar-refractivity contribution in [3.8, 4) is 0 Å². The molecule has 1 atom stereocenters. The van der Waals surface area contributed by atoms with Gasteiger partial charge in [-0.1, -0.05) is 18.2 Å². The lowest BCUT2D eigenvalue weighted by atomic mass is 10.0. The highest BCUT2D eigenvalue weighted by Crippen LogP contribution is 2.34. The summed E-state index contributed by atoms with van der Waals surface area (Å²) >= 11 is 0. The maximum absolute atomic E-state index is 13.3. The van der Waals surface area contributed by atoms with E-state index in [2.05, 4.69) is 9.97 Å². The van der Waals surface area contributed by atoms with Crippen molar-refractivity contribution in [2.45, 2.75) is 17.4 Å². The van der Waals surface area contributed by atoms with Crippen LogP contribution in [0.25, 0.3) is 11.0 Å². The Kier molecular flexibility index (Phi) is 3.54. The Bertz CT molecular complexity index is 997. The van der Waals surface area contributed by atoms with Crippen molar-refractivity contribution in [2.75, 3.05) is 18.0 Å². The van der Waals surface area contributed by atoms with E-state index in [1.54, 1.807) is 25.4 Å². The normalized spacial score (nSPS) is 17.9. The molecule has 24 heavy (non-hydrogen) atoms. The quantitative estimate of drug-likeness (QED) is 0.792. The standard InChI is InChI=1S/C17H17N3O3S/c1-23-13-9-12-5-2-3-7-15(12)20(11-13)24(21,22)16-10-19-17-14(16)6-4-8-18-17/h2-8,10,13H,9,11H2,1H3,(H,18,19). The van der Waals surface area contributed by atoms with E-state index in [0.717, 1.165) is 5.56 Å². The number of ether oxygens (including phenoxy) is 1. The Balaban J connectivity index is 1.87. The molecule has 0 spiro atoms. The van der Waals surface area contributed by atoms with Crippen LogP contribution in [-0.2, 0) is 21.2 Å². The number of aromatic nitrogens is 2. The predicted octanol–water partition coefficient (Wildman–Crippen LogP) is 2.33. The first-order chi connectivity index (χ1) is 11.6. The minimum Gasteiger partial charge on any atom is -0.379 e. The van der Waals surface area contributed by atoms with Gasteiger partial charge in [-0.15, -0.1) is 0 Å². The Morgan fingerprint density at radius 2 is 2.08 bits per heavy atom. The second-order valence-corrected chi connectivity index (χ2v) is 7.61. The summed E-state index contributed by atoms with van der Waals surface area (Å²) in [4.78, 5) is 7.34. The van der Waals surface area contributed by atoms with E-state index < -0.39 is 10.0 Å². The van der Waals surface area contributed by atoms with E-state index in [0.29, 0.717) is 29.7 Å². The fourth-order valence-corrected chi connectivity index (χ4v) is 4.86. The maximum atomic E-state index is 13.3. The van der Waals surface area contributed by atoms with Crippen molar-refractivity contribution in [1.82, 2.24) is 9.97 Å². The third-order valence-electron chi connectivity index (χ3n) is 4.39. The molecule has 1 N–H and O–H groups in total. The van der Waals surface area contributed by atoms with Crippen molar-refractivity contribution in [3.05, 3.63) is 54.4 Å². The van der Waals surface area contributed by atoms with Gasteiger partial charge in [0.25, 0.3) is 10.0 Å². The summed E-state index contributed by atoms with van der Waals surface area (Å²) in [7, 11) is -2.11. The lowest BCUT2D eigenvalue weighted by Gasteiger charge is -2.34. The van der Waals surface area contributed by atoms with E-state index in [-0.39, 0.29) is 11.0 Å². The number of nitrogens with one attached hydrogen (secondary N) is 1. The Morgan fingerprint density at radius 3 is 2.92 bits per heavy atom. The first-order valence-corrected chi connectivity index (χ1v) is 9.11. The molecule has 0 saturated carbocycles. The highest BCUT2D eigenvalue weighted by atomic mass is 32.2. The van der Waals surface area contributed by atoms with Crippen LogP contribution in [0.2, 0.25) is 0 Å². The number of benzene rings is 1. The molecular formula is C17H17N3O3S. The van der Waals surface area contributed by atoms with Gasteiger partial charge in [-0.2, -0.15) is 0 Å². The topological polar surface area (TPSA) is 75.3 Å². The molecule has 0 bridgehead atoms. The lowest BCUT2D eigenvalue weighted by molar-refractivity contribution is 0.108. The van der Waals surface area contributed by atoms with Gasteiger partial charge < -0.3 is 9.72 Å². The SMILES string of the molecule is COC1Cc2ccccc2N(S(=O)(=O)c2c[nH]c3ncccc23)C1. The number of rotatable bonds is 3. The number of fused-ring (bicyclic) bond motifs is 2. The van der Waals surface area contributed by atoms with Gasteiger partial charge in [-0.05, 0) is 23.8 Å². The smallest absolute Gasteiger partial charge is 0.266 e. The molecule has 0 amide bonds. The molecule has 7 heteroatoms. The van der Waals surface area contributed by atoms with Crippen LogP contribution in [0.4, 0.5) is 5.69 Å². The first kappa shape index (κ1) is 15.2. The molecule has 6 nitrogen and oxygen atoms in total. The number of H-pyrrole nitrogens is 1. The molecule has 0 aliphatic carbocycles. The fraction of sp³-hybridized carbons (Fsp3) is 0.235. The third kappa shape index (κ3) is 2.28. The molecule has 1 unspecified atom stereocenters. The summed E-state index contributed by atoms with van der Waals surface area (Å²) in [6, 6.07) is 11.0. The summed E-state index contributed by atoms with van der Waals surface area (Å²) in [6.45, 7) is 0.294. The van der Waals surface area contributed by atoms with Gasteiger partial charge in [-0.25, -0.2) is 13.4 Å². The molecule has 124 valence electrons. The van der Waals surface area contributed by atoms with Gasteiger partial charge in [0.05, 0.1) is 18.3 Å². The van der Waals surface area contributed by atoms with E-state index in [1.807, 2.05) is 24.3 Å². The van der Waals surface area contributed by atoms with Crippen molar-refractivity contribution in [1.29, 1.82) is 0 Å². The number of sulfonamides is 1. The summed E-state index contributed by atoms with van der Waals surface area (Å²) in [5.74, 6) is 0. The van der Waals surface area contributed by atoms with E-state index in [9.17, 15) is 8.42 Å². The van der Waals surface area contributed by atoms with Crippen molar-refractivity contribution >= 4 is 26.7 Å². The zero-order valence-corrected chi connectivity index (χ0v) is 14.0. The van der Waals surface area contributed by atoms with Gasteiger partial charge in [0.15, 0.2) is 0 Å². The number of hydrogen-bond donors (Lipinski definition) is 1. The number of aromatic amines is 1. The highest BCUT2D eigenvalue weighted by Gasteiger charge is 2.34. The van der Waals surface area contributed by atoms with Crippen LogP contribution in [-0.4, -0.2) is 38.1 Å². The first-order valence-electron chi connectivity index (χ1n) is 7.67. The van der Waals surface area contributed by atoms with Crippen LogP contribution in [0.1, 0.15) is 5.56 Å². The summed E-state index contributed by atoms with van der Waals surface area (Å²) in [5.41, 5.74) is 2.24. The molecular weight excluding hydrogens is 326 g/mol. The zero-order valence-electron chi connectivity index (χ0n) is 13.1. The average molecular weight is 343 g/mol. The fourth-order valence-electron chi connectivity index (χ4n) is 3.17. The number of methoxy groups -OCH3 is 1. The van der Waals surface area contributed by atoms with Crippen LogP contribution in [0.3, 0.4) is 0 Å². The number of nitrogens with zero attached hydrogens (tertiary/aromatic N) is 2. The summed E-state index contributed by atoms with van der Waals surface area (Å²) in [6.07, 6.45) is 3.67. The largest absolute Gasteiger partial charge is 0.379 e. The minimum absolute atomic E-state index is 0.169. The lowest BCUT2D eigenvalue weighted by Crippen LogP contribution is -2.43. The molecule has 1 aromatic carbocycles.